The normalized spacial score (nSPS) is 11.3. The van der Waals surface area contributed by atoms with Gasteiger partial charge in [0.25, 0.3) is 0 Å². The Balaban J connectivity index is 1.48. The molecule has 6 nitrogen and oxygen atoms in total. The smallest absolute Gasteiger partial charge is 0.228 e. The van der Waals surface area contributed by atoms with Crippen LogP contribution in [-0.2, 0) is 0 Å². The van der Waals surface area contributed by atoms with Crippen molar-refractivity contribution in [2.75, 3.05) is 7.11 Å². The molecule has 0 spiro atoms. The Morgan fingerprint density at radius 1 is 0.943 bits per heavy atom. The van der Waals surface area contributed by atoms with Crippen LogP contribution in [0.15, 0.2) is 95.5 Å². The Kier molecular flexibility index (Phi) is 5.08. The minimum Gasteiger partial charge on any atom is -0.497 e. The zero-order valence-corrected chi connectivity index (χ0v) is 19.4. The fraction of sp³-hybridized carbons (Fsp3) is 0.0357. The first-order valence-corrected chi connectivity index (χ1v) is 11.3. The van der Waals surface area contributed by atoms with Crippen LogP contribution in [0, 0.1) is 0 Å². The number of halogens is 1. The summed E-state index contributed by atoms with van der Waals surface area (Å²) in [6.45, 7) is 0. The number of carbonyl (C=O) groups is 1. The van der Waals surface area contributed by atoms with Gasteiger partial charge in [0.2, 0.25) is 5.78 Å². The zero-order valence-electron chi connectivity index (χ0n) is 18.6. The first kappa shape index (κ1) is 21.1. The minimum absolute atomic E-state index is 0.226. The van der Waals surface area contributed by atoms with Crippen LogP contribution in [0.3, 0.4) is 0 Å². The molecule has 3 heterocycles. The van der Waals surface area contributed by atoms with Crippen LogP contribution in [0.1, 0.15) is 16.1 Å². The van der Waals surface area contributed by atoms with Crippen molar-refractivity contribution in [3.63, 3.8) is 0 Å². The van der Waals surface area contributed by atoms with Crippen molar-refractivity contribution in [3.8, 4) is 28.3 Å². The molecule has 35 heavy (non-hydrogen) atoms. The van der Waals surface area contributed by atoms with E-state index >= 15 is 0 Å². The molecule has 7 heteroatoms. The summed E-state index contributed by atoms with van der Waals surface area (Å²) >= 11 is 6.02. The van der Waals surface area contributed by atoms with E-state index in [2.05, 4.69) is 5.10 Å². The molecule has 0 radical (unpaired) electrons. The Bertz CT molecular complexity index is 1700. The molecule has 0 aliphatic rings. The van der Waals surface area contributed by atoms with Crippen LogP contribution >= 0.6 is 11.6 Å². The Morgan fingerprint density at radius 2 is 1.71 bits per heavy atom. The molecule has 3 aromatic heterocycles. The van der Waals surface area contributed by atoms with E-state index in [1.807, 2.05) is 66.9 Å². The van der Waals surface area contributed by atoms with Crippen LogP contribution in [0.4, 0.5) is 0 Å². The molecule has 170 valence electrons. The van der Waals surface area contributed by atoms with E-state index in [4.69, 9.17) is 25.7 Å². The molecule has 0 amide bonds. The van der Waals surface area contributed by atoms with Gasteiger partial charge in [-0.3, -0.25) is 4.79 Å². The lowest BCUT2D eigenvalue weighted by molar-refractivity contribution is 0.101. The number of para-hydroxylation sites is 1. The van der Waals surface area contributed by atoms with Crippen molar-refractivity contribution in [1.82, 2.24) is 14.6 Å². The molecule has 0 bridgehead atoms. The number of fused-ring (bicyclic) bond motifs is 2. The molecule has 0 unspecified atom stereocenters. The SMILES string of the molecule is COc1ccc(C(=O)c2oc3ccccc3c2-c2ccn3nc(-c4ccc(Cl)cc4)cc3n2)cc1. The van der Waals surface area contributed by atoms with Crippen molar-refractivity contribution < 1.29 is 13.9 Å². The Labute approximate surface area is 205 Å². The van der Waals surface area contributed by atoms with Gasteiger partial charge in [-0.05, 0) is 48.5 Å². The van der Waals surface area contributed by atoms with E-state index in [0.717, 1.165) is 16.6 Å². The van der Waals surface area contributed by atoms with Gasteiger partial charge in [-0.2, -0.15) is 5.10 Å². The number of carbonyl (C=O) groups excluding carboxylic acids is 1. The molecule has 0 N–H and O–H groups in total. The summed E-state index contributed by atoms with van der Waals surface area (Å²) in [4.78, 5) is 18.3. The van der Waals surface area contributed by atoms with Gasteiger partial charge in [-0.25, -0.2) is 9.50 Å². The third-order valence-electron chi connectivity index (χ3n) is 5.87. The standard InChI is InChI=1S/C28H18ClN3O3/c1-34-20-12-8-18(9-13-20)27(33)28-26(21-4-2-3-5-24(21)35-28)22-14-15-32-25(30-22)16-23(31-32)17-6-10-19(29)11-7-17/h2-16H,1H3. The zero-order chi connectivity index (χ0) is 23.9. The highest BCUT2D eigenvalue weighted by Gasteiger charge is 2.24. The number of ketones is 1. The number of hydrogen-bond donors (Lipinski definition) is 0. The summed E-state index contributed by atoms with van der Waals surface area (Å²) in [5, 5.41) is 6.11. The largest absolute Gasteiger partial charge is 0.497 e. The van der Waals surface area contributed by atoms with Crippen molar-refractivity contribution in [2.45, 2.75) is 0 Å². The highest BCUT2D eigenvalue weighted by molar-refractivity contribution is 6.30. The van der Waals surface area contributed by atoms with Crippen molar-refractivity contribution in [3.05, 3.63) is 107 Å². The van der Waals surface area contributed by atoms with Crippen LogP contribution in [0.25, 0.3) is 39.1 Å². The van der Waals surface area contributed by atoms with E-state index in [1.165, 1.54) is 0 Å². The molecule has 0 aliphatic heterocycles. The average molecular weight is 480 g/mol. The lowest BCUT2D eigenvalue weighted by Crippen LogP contribution is -2.02. The predicted octanol–water partition coefficient (Wildman–Crippen LogP) is 6.70. The molecule has 6 rings (SSSR count). The fourth-order valence-electron chi connectivity index (χ4n) is 4.11. The van der Waals surface area contributed by atoms with E-state index in [9.17, 15) is 4.79 Å². The van der Waals surface area contributed by atoms with Gasteiger partial charge >= 0.3 is 0 Å². The highest BCUT2D eigenvalue weighted by Crippen LogP contribution is 2.36. The summed E-state index contributed by atoms with van der Waals surface area (Å²) in [5.74, 6) is 0.692. The summed E-state index contributed by atoms with van der Waals surface area (Å²) in [6, 6.07) is 25.8. The summed E-state index contributed by atoms with van der Waals surface area (Å²) < 4.78 is 13.0. The second-order valence-electron chi connectivity index (χ2n) is 8.01. The first-order chi connectivity index (χ1) is 17.1. The van der Waals surface area contributed by atoms with Gasteiger partial charge in [0.1, 0.15) is 11.3 Å². The summed E-state index contributed by atoms with van der Waals surface area (Å²) in [6.07, 6.45) is 1.83. The number of aromatic nitrogens is 3. The number of nitrogens with zero attached hydrogens (tertiary/aromatic N) is 3. The number of benzene rings is 3. The summed E-state index contributed by atoms with van der Waals surface area (Å²) in [7, 11) is 1.59. The van der Waals surface area contributed by atoms with Crippen LogP contribution in [0.5, 0.6) is 5.75 Å². The van der Waals surface area contributed by atoms with Gasteiger partial charge in [-0.15, -0.1) is 0 Å². The van der Waals surface area contributed by atoms with Crippen molar-refractivity contribution in [2.24, 2.45) is 0 Å². The monoisotopic (exact) mass is 479 g/mol. The molecule has 0 fully saturated rings. The van der Waals surface area contributed by atoms with Crippen LogP contribution in [0.2, 0.25) is 5.02 Å². The third-order valence-corrected chi connectivity index (χ3v) is 6.13. The Hall–Kier alpha value is -4.42. The van der Waals surface area contributed by atoms with Gasteiger partial charge in [-0.1, -0.05) is 41.9 Å². The lowest BCUT2D eigenvalue weighted by atomic mass is 10.0. The Morgan fingerprint density at radius 3 is 2.49 bits per heavy atom. The predicted molar refractivity (Wildman–Crippen MR) is 135 cm³/mol. The lowest BCUT2D eigenvalue weighted by Gasteiger charge is -2.05. The maximum Gasteiger partial charge on any atom is 0.228 e. The number of methoxy groups -OCH3 is 1. The molecular weight excluding hydrogens is 462 g/mol. The van der Waals surface area contributed by atoms with Gasteiger partial charge in [0.15, 0.2) is 11.4 Å². The minimum atomic E-state index is -0.226. The third kappa shape index (κ3) is 3.74. The summed E-state index contributed by atoms with van der Waals surface area (Å²) in [5.41, 5.74) is 4.77. The molecular formula is C28H18ClN3O3. The van der Waals surface area contributed by atoms with E-state index in [0.29, 0.717) is 38.8 Å². The van der Waals surface area contributed by atoms with E-state index in [1.54, 1.807) is 35.9 Å². The molecule has 0 aliphatic carbocycles. The molecule has 3 aromatic carbocycles. The highest BCUT2D eigenvalue weighted by atomic mass is 35.5. The first-order valence-electron chi connectivity index (χ1n) is 10.9. The van der Waals surface area contributed by atoms with Gasteiger partial charge < -0.3 is 9.15 Å². The van der Waals surface area contributed by atoms with Crippen molar-refractivity contribution in [1.29, 1.82) is 0 Å². The number of hydrogen-bond acceptors (Lipinski definition) is 5. The fourth-order valence-corrected chi connectivity index (χ4v) is 4.24. The molecule has 0 atom stereocenters. The quantitative estimate of drug-likeness (QED) is 0.257. The second-order valence-corrected chi connectivity index (χ2v) is 8.45. The maximum absolute atomic E-state index is 13.5. The average Bonchev–Trinajstić information content (AvgIpc) is 3.50. The topological polar surface area (TPSA) is 69.6 Å². The second kappa shape index (κ2) is 8.42. The number of furan rings is 1. The molecule has 6 aromatic rings. The van der Waals surface area contributed by atoms with Gasteiger partial charge in [0.05, 0.1) is 24.1 Å². The molecule has 0 saturated carbocycles. The number of rotatable bonds is 5. The van der Waals surface area contributed by atoms with Crippen LogP contribution in [-0.4, -0.2) is 27.5 Å². The molecule has 0 saturated heterocycles. The van der Waals surface area contributed by atoms with Crippen molar-refractivity contribution >= 4 is 34.0 Å². The van der Waals surface area contributed by atoms with Crippen LogP contribution < -0.4 is 4.74 Å². The van der Waals surface area contributed by atoms with E-state index < -0.39 is 0 Å². The maximum atomic E-state index is 13.5. The number of ether oxygens (including phenoxy) is 1. The van der Waals surface area contributed by atoms with E-state index in [-0.39, 0.29) is 11.5 Å². The van der Waals surface area contributed by atoms with Gasteiger partial charge in [0, 0.05) is 33.8 Å².